The van der Waals surface area contributed by atoms with E-state index >= 15 is 0 Å². The fraction of sp³-hybridized carbons (Fsp3) is 0. The van der Waals surface area contributed by atoms with Crippen molar-refractivity contribution in [1.29, 1.82) is 0 Å². The molecule has 2 rings (SSSR count). The average molecular weight is 227 g/mol. The van der Waals surface area contributed by atoms with Gasteiger partial charge >= 0.3 is 0 Å². The Hall–Kier alpha value is -1.19. The van der Waals surface area contributed by atoms with Crippen molar-refractivity contribution in [3.8, 4) is 0 Å². The van der Waals surface area contributed by atoms with Gasteiger partial charge in [0.05, 0.1) is 0 Å². The van der Waals surface area contributed by atoms with E-state index in [1.165, 1.54) is 0 Å². The first kappa shape index (κ1) is 9.37. The minimum atomic E-state index is 0.297. The van der Waals surface area contributed by atoms with Gasteiger partial charge in [-0.1, -0.05) is 23.2 Å². The predicted octanol–water partition coefficient (Wildman–Crippen LogP) is 3.94. The standard InChI is InChI=1S/C9H4Cl2N2O/c10-8-4-5-3-6(13-14)1-2-7(5)9(11)12-8/h1-4H. The summed E-state index contributed by atoms with van der Waals surface area (Å²) in [6, 6.07) is 6.52. The molecule has 1 aromatic carbocycles. The maximum Gasteiger partial charge on any atom is 0.138 e. The largest absolute Gasteiger partial charge is 0.224 e. The Balaban J connectivity index is 2.81. The summed E-state index contributed by atoms with van der Waals surface area (Å²) in [5.74, 6) is 0. The van der Waals surface area contributed by atoms with Crippen molar-refractivity contribution in [2.24, 2.45) is 5.18 Å². The molecule has 0 saturated carbocycles. The van der Waals surface area contributed by atoms with Gasteiger partial charge in [0.15, 0.2) is 0 Å². The third kappa shape index (κ3) is 1.56. The fourth-order valence-corrected chi connectivity index (χ4v) is 1.74. The summed E-state index contributed by atoms with van der Waals surface area (Å²) in [7, 11) is 0. The molecule has 14 heavy (non-hydrogen) atoms. The van der Waals surface area contributed by atoms with Crippen LogP contribution < -0.4 is 0 Å². The molecule has 0 spiro atoms. The van der Waals surface area contributed by atoms with Crippen molar-refractivity contribution < 1.29 is 0 Å². The van der Waals surface area contributed by atoms with Gasteiger partial charge in [0, 0.05) is 5.39 Å². The molecule has 2 aromatic rings. The Labute approximate surface area is 89.6 Å². The first-order valence-electron chi connectivity index (χ1n) is 3.80. The van der Waals surface area contributed by atoms with Crippen LogP contribution in [0.5, 0.6) is 0 Å². The van der Waals surface area contributed by atoms with Crippen molar-refractivity contribution in [1.82, 2.24) is 4.98 Å². The van der Waals surface area contributed by atoms with Gasteiger partial charge in [-0.15, -0.1) is 4.91 Å². The van der Waals surface area contributed by atoms with Gasteiger partial charge in [-0.3, -0.25) is 0 Å². The molecule has 0 saturated heterocycles. The van der Waals surface area contributed by atoms with Gasteiger partial charge in [0.1, 0.15) is 16.0 Å². The van der Waals surface area contributed by atoms with Gasteiger partial charge in [0.25, 0.3) is 0 Å². The molecule has 0 unspecified atom stereocenters. The second-order valence-electron chi connectivity index (χ2n) is 2.73. The smallest absolute Gasteiger partial charge is 0.138 e. The molecule has 0 bridgehead atoms. The third-order valence-corrected chi connectivity index (χ3v) is 2.32. The lowest BCUT2D eigenvalue weighted by atomic mass is 10.1. The molecule has 70 valence electrons. The highest BCUT2D eigenvalue weighted by molar-refractivity contribution is 6.36. The number of hydrogen-bond donors (Lipinski definition) is 0. The molecule has 0 aliphatic carbocycles. The van der Waals surface area contributed by atoms with Crippen molar-refractivity contribution in [3.63, 3.8) is 0 Å². The topological polar surface area (TPSA) is 42.3 Å². The zero-order valence-electron chi connectivity index (χ0n) is 6.87. The lowest BCUT2D eigenvalue weighted by molar-refractivity contribution is 1.36. The summed E-state index contributed by atoms with van der Waals surface area (Å²) in [5, 5.41) is 4.95. The number of nitroso groups, excluding NO2 is 1. The van der Waals surface area contributed by atoms with E-state index in [1.807, 2.05) is 0 Å². The molecular formula is C9H4Cl2N2O. The number of rotatable bonds is 1. The van der Waals surface area contributed by atoms with E-state index in [4.69, 9.17) is 23.2 Å². The molecule has 0 aliphatic rings. The van der Waals surface area contributed by atoms with Crippen molar-refractivity contribution in [3.05, 3.63) is 39.5 Å². The third-order valence-electron chi connectivity index (χ3n) is 1.84. The summed E-state index contributed by atoms with van der Waals surface area (Å²) >= 11 is 11.6. The van der Waals surface area contributed by atoms with Crippen LogP contribution in [0.1, 0.15) is 0 Å². The van der Waals surface area contributed by atoms with Crippen LogP contribution in [0.3, 0.4) is 0 Å². The molecule has 0 fully saturated rings. The number of hydrogen-bond acceptors (Lipinski definition) is 3. The normalized spacial score (nSPS) is 10.4. The van der Waals surface area contributed by atoms with Crippen molar-refractivity contribution in [2.75, 3.05) is 0 Å². The first-order chi connectivity index (χ1) is 6.70. The zero-order chi connectivity index (χ0) is 10.1. The summed E-state index contributed by atoms with van der Waals surface area (Å²) in [6.45, 7) is 0. The molecule has 0 amide bonds. The van der Waals surface area contributed by atoms with E-state index in [-0.39, 0.29) is 0 Å². The number of aromatic nitrogens is 1. The Morgan fingerprint density at radius 2 is 2.00 bits per heavy atom. The average Bonchev–Trinajstić information content (AvgIpc) is 2.16. The van der Waals surface area contributed by atoms with E-state index < -0.39 is 0 Å². The van der Waals surface area contributed by atoms with Gasteiger partial charge in [-0.2, -0.15) is 0 Å². The van der Waals surface area contributed by atoms with Crippen LogP contribution in [0.4, 0.5) is 5.69 Å². The molecule has 0 radical (unpaired) electrons. The minimum absolute atomic E-state index is 0.297. The van der Waals surface area contributed by atoms with Crippen LogP contribution in [0, 0.1) is 4.91 Å². The Morgan fingerprint density at radius 3 is 2.71 bits per heavy atom. The fourth-order valence-electron chi connectivity index (χ4n) is 1.23. The number of halogens is 2. The highest BCUT2D eigenvalue weighted by Gasteiger charge is 2.03. The molecule has 0 N–H and O–H groups in total. The Kier molecular flexibility index (Phi) is 2.35. The van der Waals surface area contributed by atoms with Gasteiger partial charge in [-0.05, 0) is 34.8 Å². The second-order valence-corrected chi connectivity index (χ2v) is 3.48. The summed E-state index contributed by atoms with van der Waals surface area (Å²) < 4.78 is 0. The highest BCUT2D eigenvalue weighted by Crippen LogP contribution is 2.27. The molecule has 1 aromatic heterocycles. The zero-order valence-corrected chi connectivity index (χ0v) is 8.38. The molecule has 1 heterocycles. The quantitative estimate of drug-likeness (QED) is 0.546. The maximum absolute atomic E-state index is 10.3. The summed E-state index contributed by atoms with van der Waals surface area (Å²) in [6.07, 6.45) is 0. The monoisotopic (exact) mass is 226 g/mol. The van der Waals surface area contributed by atoms with E-state index in [0.717, 1.165) is 10.8 Å². The number of fused-ring (bicyclic) bond motifs is 1. The maximum atomic E-state index is 10.3. The predicted molar refractivity (Wildman–Crippen MR) is 57.2 cm³/mol. The van der Waals surface area contributed by atoms with Gasteiger partial charge in [-0.25, -0.2) is 4.98 Å². The van der Waals surface area contributed by atoms with E-state index in [2.05, 4.69) is 10.2 Å². The van der Waals surface area contributed by atoms with Crippen LogP contribution in [0.15, 0.2) is 29.4 Å². The highest BCUT2D eigenvalue weighted by atomic mass is 35.5. The SMILES string of the molecule is O=Nc1ccc2c(Cl)nc(Cl)cc2c1. The van der Waals surface area contributed by atoms with Crippen molar-refractivity contribution >= 4 is 39.7 Å². The van der Waals surface area contributed by atoms with Gasteiger partial charge < -0.3 is 0 Å². The summed E-state index contributed by atoms with van der Waals surface area (Å²) in [4.78, 5) is 14.2. The molecule has 0 aliphatic heterocycles. The van der Waals surface area contributed by atoms with E-state index in [9.17, 15) is 4.91 Å². The van der Waals surface area contributed by atoms with Crippen LogP contribution in [-0.2, 0) is 0 Å². The molecule has 3 nitrogen and oxygen atoms in total. The lowest BCUT2D eigenvalue weighted by Gasteiger charge is -2.00. The molecule has 0 atom stereocenters. The Bertz CT molecular complexity index is 513. The van der Waals surface area contributed by atoms with E-state index in [0.29, 0.717) is 16.0 Å². The number of nitrogens with zero attached hydrogens (tertiary/aromatic N) is 2. The van der Waals surface area contributed by atoms with Crippen LogP contribution >= 0.6 is 23.2 Å². The van der Waals surface area contributed by atoms with Crippen LogP contribution in [0.25, 0.3) is 10.8 Å². The lowest BCUT2D eigenvalue weighted by Crippen LogP contribution is -1.80. The summed E-state index contributed by atoms with van der Waals surface area (Å²) in [5.41, 5.74) is 0.343. The van der Waals surface area contributed by atoms with Crippen LogP contribution in [-0.4, -0.2) is 4.98 Å². The molecule has 5 heteroatoms. The van der Waals surface area contributed by atoms with E-state index in [1.54, 1.807) is 24.3 Å². The van der Waals surface area contributed by atoms with Gasteiger partial charge in [0.2, 0.25) is 0 Å². The second kappa shape index (κ2) is 3.52. The first-order valence-corrected chi connectivity index (χ1v) is 4.55. The Morgan fingerprint density at radius 1 is 1.21 bits per heavy atom. The number of pyridine rings is 1. The molecular weight excluding hydrogens is 223 g/mol. The minimum Gasteiger partial charge on any atom is -0.224 e. The number of benzene rings is 1. The van der Waals surface area contributed by atoms with Crippen LogP contribution in [0.2, 0.25) is 10.3 Å². The van der Waals surface area contributed by atoms with Crippen molar-refractivity contribution in [2.45, 2.75) is 0 Å².